The Bertz CT molecular complexity index is 352. The first-order valence-corrected chi connectivity index (χ1v) is 11.1. The van der Waals surface area contributed by atoms with Gasteiger partial charge in [0.15, 0.2) is 0 Å². The van der Waals surface area contributed by atoms with Crippen LogP contribution in [0.3, 0.4) is 0 Å². The number of rotatable bonds is 9. The first kappa shape index (κ1) is 20.6. The summed E-state index contributed by atoms with van der Waals surface area (Å²) in [6.07, 6.45) is 17.3. The molecule has 0 aromatic heterocycles. The molecule has 2 saturated carbocycles. The van der Waals surface area contributed by atoms with Gasteiger partial charge in [0.2, 0.25) is 0 Å². The monoisotopic (exact) mass is 352 g/mol. The van der Waals surface area contributed by atoms with Gasteiger partial charge in [-0.1, -0.05) is 58.8 Å². The van der Waals surface area contributed by atoms with Gasteiger partial charge in [-0.3, -0.25) is 0 Å². The summed E-state index contributed by atoms with van der Waals surface area (Å²) in [5.74, 6) is 2.80. The average Bonchev–Trinajstić information content (AvgIpc) is 2.65. The van der Waals surface area contributed by atoms with Crippen LogP contribution >= 0.6 is 0 Å². The van der Waals surface area contributed by atoms with E-state index >= 15 is 0 Å². The highest BCUT2D eigenvalue weighted by Crippen LogP contribution is 2.41. The predicted molar refractivity (Wildman–Crippen MR) is 103 cm³/mol. The summed E-state index contributed by atoms with van der Waals surface area (Å²) in [6.45, 7) is 4.95. The number of ether oxygens (including phenoxy) is 2. The fourth-order valence-electron chi connectivity index (χ4n) is 4.80. The molecule has 25 heavy (non-hydrogen) atoms. The third-order valence-electron chi connectivity index (χ3n) is 6.47. The van der Waals surface area contributed by atoms with E-state index < -0.39 is 6.16 Å². The van der Waals surface area contributed by atoms with Gasteiger partial charge in [-0.25, -0.2) is 4.79 Å². The summed E-state index contributed by atoms with van der Waals surface area (Å²) in [5, 5.41) is 0. The Morgan fingerprint density at radius 2 is 1.40 bits per heavy atom. The third kappa shape index (κ3) is 7.58. The highest BCUT2D eigenvalue weighted by molar-refractivity contribution is 5.60. The van der Waals surface area contributed by atoms with E-state index in [1.807, 2.05) is 0 Å². The summed E-state index contributed by atoms with van der Waals surface area (Å²) in [4.78, 5) is 11.7. The standard InChI is InChI=1S/C22H40O3/c1-3-5-7-17-24-22(23)25-21-15-13-20(14-16-21)19-11-9-18(10-12-19)8-6-4-2/h18-21H,3-17H2,1-2H3/t18-,19-,20-,21-. The molecular formula is C22H40O3. The minimum Gasteiger partial charge on any atom is -0.434 e. The molecule has 3 nitrogen and oxygen atoms in total. The molecule has 2 aliphatic rings. The number of unbranched alkanes of at least 4 members (excludes halogenated alkanes) is 3. The fraction of sp³-hybridized carbons (Fsp3) is 0.955. The summed E-state index contributed by atoms with van der Waals surface area (Å²) in [6, 6.07) is 0. The van der Waals surface area contributed by atoms with Crippen LogP contribution in [-0.4, -0.2) is 18.9 Å². The maximum atomic E-state index is 11.7. The molecule has 0 heterocycles. The summed E-state index contributed by atoms with van der Waals surface area (Å²) in [5.41, 5.74) is 0. The first-order valence-electron chi connectivity index (χ1n) is 11.1. The van der Waals surface area contributed by atoms with Crippen LogP contribution in [0.4, 0.5) is 4.79 Å². The highest BCUT2D eigenvalue weighted by atomic mass is 16.7. The molecule has 0 amide bonds. The van der Waals surface area contributed by atoms with Crippen LogP contribution in [0.5, 0.6) is 0 Å². The Balaban J connectivity index is 1.58. The van der Waals surface area contributed by atoms with Crippen molar-refractivity contribution in [3.8, 4) is 0 Å². The van der Waals surface area contributed by atoms with Crippen LogP contribution in [-0.2, 0) is 9.47 Å². The lowest BCUT2D eigenvalue weighted by Crippen LogP contribution is -2.30. The molecule has 2 aliphatic carbocycles. The smallest absolute Gasteiger partial charge is 0.434 e. The van der Waals surface area contributed by atoms with E-state index in [4.69, 9.17) is 9.47 Å². The van der Waals surface area contributed by atoms with Gasteiger partial charge in [-0.2, -0.15) is 0 Å². The largest absolute Gasteiger partial charge is 0.508 e. The van der Waals surface area contributed by atoms with Gasteiger partial charge in [0.05, 0.1) is 6.61 Å². The molecule has 0 aliphatic heterocycles. The molecule has 0 N–H and O–H groups in total. The second-order valence-corrected chi connectivity index (χ2v) is 8.38. The quantitative estimate of drug-likeness (QED) is 0.335. The first-order chi connectivity index (χ1) is 12.2. The minimum absolute atomic E-state index is 0.0934. The molecule has 0 unspecified atom stereocenters. The average molecular weight is 353 g/mol. The van der Waals surface area contributed by atoms with E-state index in [0.717, 1.165) is 49.9 Å². The molecule has 0 saturated heterocycles. The number of carbonyl (C=O) groups is 1. The second-order valence-electron chi connectivity index (χ2n) is 8.38. The number of hydrogen-bond acceptors (Lipinski definition) is 3. The van der Waals surface area contributed by atoms with Crippen molar-refractivity contribution in [1.82, 2.24) is 0 Å². The van der Waals surface area contributed by atoms with Gasteiger partial charge < -0.3 is 9.47 Å². The van der Waals surface area contributed by atoms with Gasteiger partial charge in [0.25, 0.3) is 0 Å². The van der Waals surface area contributed by atoms with Crippen LogP contribution in [0.1, 0.15) is 104 Å². The summed E-state index contributed by atoms with van der Waals surface area (Å²) >= 11 is 0. The zero-order chi connectivity index (χ0) is 17.9. The van der Waals surface area contributed by atoms with Crippen molar-refractivity contribution < 1.29 is 14.3 Å². The Kier molecular flexibility index (Phi) is 9.72. The molecular weight excluding hydrogens is 312 g/mol. The maximum absolute atomic E-state index is 11.7. The van der Waals surface area contributed by atoms with Gasteiger partial charge in [-0.05, 0) is 62.7 Å². The fourth-order valence-corrected chi connectivity index (χ4v) is 4.80. The van der Waals surface area contributed by atoms with Gasteiger partial charge in [-0.15, -0.1) is 0 Å². The molecule has 0 radical (unpaired) electrons. The van der Waals surface area contributed by atoms with Crippen molar-refractivity contribution in [2.45, 2.75) is 110 Å². The Morgan fingerprint density at radius 1 is 0.800 bits per heavy atom. The van der Waals surface area contributed by atoms with E-state index in [0.29, 0.717) is 6.61 Å². The van der Waals surface area contributed by atoms with Gasteiger partial charge in [0.1, 0.15) is 6.10 Å². The molecule has 0 bridgehead atoms. The van der Waals surface area contributed by atoms with Gasteiger partial charge >= 0.3 is 6.16 Å². The Hall–Kier alpha value is -0.730. The van der Waals surface area contributed by atoms with Crippen LogP contribution in [0.15, 0.2) is 0 Å². The van der Waals surface area contributed by atoms with Crippen molar-refractivity contribution in [3.05, 3.63) is 0 Å². The second kappa shape index (κ2) is 11.8. The van der Waals surface area contributed by atoms with Crippen molar-refractivity contribution in [2.75, 3.05) is 6.61 Å². The van der Waals surface area contributed by atoms with Crippen LogP contribution in [0.25, 0.3) is 0 Å². The number of hydrogen-bond donors (Lipinski definition) is 0. The summed E-state index contributed by atoms with van der Waals surface area (Å²) < 4.78 is 10.7. The lowest BCUT2D eigenvalue weighted by Gasteiger charge is -2.37. The Morgan fingerprint density at radius 3 is 2.00 bits per heavy atom. The van der Waals surface area contributed by atoms with E-state index in [-0.39, 0.29) is 6.10 Å². The molecule has 3 heteroatoms. The van der Waals surface area contributed by atoms with Gasteiger partial charge in [0, 0.05) is 0 Å². The molecule has 2 fully saturated rings. The minimum atomic E-state index is -0.448. The Labute approximate surface area is 155 Å². The topological polar surface area (TPSA) is 35.5 Å². The third-order valence-corrected chi connectivity index (χ3v) is 6.47. The van der Waals surface area contributed by atoms with E-state index in [9.17, 15) is 4.79 Å². The maximum Gasteiger partial charge on any atom is 0.508 e. The molecule has 0 aromatic carbocycles. The SMILES string of the molecule is CCCCCOC(=O)O[C@H]1CC[C@H]([C@H]2CC[C@H](CCCC)CC2)CC1. The zero-order valence-corrected chi connectivity index (χ0v) is 16.6. The van der Waals surface area contributed by atoms with Crippen molar-refractivity contribution in [2.24, 2.45) is 17.8 Å². The van der Waals surface area contributed by atoms with E-state index in [1.54, 1.807) is 0 Å². The van der Waals surface area contributed by atoms with Crippen LogP contribution in [0, 0.1) is 17.8 Å². The molecule has 0 spiro atoms. The van der Waals surface area contributed by atoms with Crippen LogP contribution < -0.4 is 0 Å². The lowest BCUT2D eigenvalue weighted by molar-refractivity contribution is -0.000967. The lowest BCUT2D eigenvalue weighted by atomic mass is 9.70. The van der Waals surface area contributed by atoms with Crippen LogP contribution in [0.2, 0.25) is 0 Å². The molecule has 0 atom stereocenters. The normalized spacial score (nSPS) is 30.0. The van der Waals surface area contributed by atoms with E-state index in [2.05, 4.69) is 13.8 Å². The predicted octanol–water partition coefficient (Wildman–Crippen LogP) is 6.89. The highest BCUT2D eigenvalue weighted by Gasteiger charge is 2.31. The summed E-state index contributed by atoms with van der Waals surface area (Å²) in [7, 11) is 0. The zero-order valence-electron chi connectivity index (χ0n) is 16.6. The van der Waals surface area contributed by atoms with Crippen molar-refractivity contribution in [3.63, 3.8) is 0 Å². The number of carbonyl (C=O) groups excluding carboxylic acids is 1. The molecule has 2 rings (SSSR count). The van der Waals surface area contributed by atoms with Crippen molar-refractivity contribution in [1.29, 1.82) is 0 Å². The molecule has 146 valence electrons. The molecule has 0 aromatic rings. The van der Waals surface area contributed by atoms with E-state index in [1.165, 1.54) is 57.8 Å². The van der Waals surface area contributed by atoms with Crippen molar-refractivity contribution >= 4 is 6.16 Å².